The first-order valence-corrected chi connectivity index (χ1v) is 9.75. The second kappa shape index (κ2) is 8.29. The lowest BCUT2D eigenvalue weighted by atomic mass is 9.83. The highest BCUT2D eigenvalue weighted by Gasteiger charge is 2.44. The molecule has 2 aromatic carbocycles. The fourth-order valence-corrected chi connectivity index (χ4v) is 3.89. The molecule has 1 aliphatic heterocycles. The van der Waals surface area contributed by atoms with E-state index in [2.05, 4.69) is 31.2 Å². The standard InChI is InChI=1S/C22H27ClO4/c1-3-14-4-6-15(7-5-14)10-16-11-17(8-9-18(16)23)22(2)12-19(25)21(26)20(13-24)27-22/h4-9,11,19-21,24-26H,3,10,12-13H2,1-2H3. The van der Waals surface area contributed by atoms with Crippen LogP contribution in [0.5, 0.6) is 0 Å². The summed E-state index contributed by atoms with van der Waals surface area (Å²) in [6.07, 6.45) is -0.918. The van der Waals surface area contributed by atoms with E-state index in [1.165, 1.54) is 11.1 Å². The number of ether oxygens (including phenoxy) is 1. The molecule has 27 heavy (non-hydrogen) atoms. The Balaban J connectivity index is 1.87. The molecule has 0 saturated carbocycles. The minimum Gasteiger partial charge on any atom is -0.394 e. The summed E-state index contributed by atoms with van der Waals surface area (Å²) in [5.41, 5.74) is 3.51. The third-order valence-corrected chi connectivity index (χ3v) is 5.82. The van der Waals surface area contributed by atoms with Gasteiger partial charge in [0.2, 0.25) is 0 Å². The molecule has 2 aromatic rings. The van der Waals surface area contributed by atoms with Gasteiger partial charge in [-0.15, -0.1) is 0 Å². The van der Waals surface area contributed by atoms with Crippen molar-refractivity contribution in [2.75, 3.05) is 6.61 Å². The van der Waals surface area contributed by atoms with Crippen molar-refractivity contribution in [2.24, 2.45) is 0 Å². The molecule has 4 nitrogen and oxygen atoms in total. The van der Waals surface area contributed by atoms with Gasteiger partial charge in [0.15, 0.2) is 0 Å². The zero-order chi connectivity index (χ0) is 19.6. The number of aliphatic hydroxyl groups is 3. The Morgan fingerprint density at radius 2 is 1.78 bits per heavy atom. The highest BCUT2D eigenvalue weighted by atomic mass is 35.5. The summed E-state index contributed by atoms with van der Waals surface area (Å²) >= 11 is 6.43. The molecule has 1 aliphatic rings. The topological polar surface area (TPSA) is 69.9 Å². The van der Waals surface area contributed by atoms with E-state index in [9.17, 15) is 15.3 Å². The first-order chi connectivity index (χ1) is 12.9. The van der Waals surface area contributed by atoms with Crippen molar-refractivity contribution < 1.29 is 20.1 Å². The molecule has 146 valence electrons. The van der Waals surface area contributed by atoms with Gasteiger partial charge in [-0.25, -0.2) is 0 Å². The summed E-state index contributed by atoms with van der Waals surface area (Å²) in [7, 11) is 0. The smallest absolute Gasteiger partial charge is 0.110 e. The summed E-state index contributed by atoms with van der Waals surface area (Å²) in [5, 5.41) is 30.4. The van der Waals surface area contributed by atoms with Crippen molar-refractivity contribution in [1.29, 1.82) is 0 Å². The van der Waals surface area contributed by atoms with Crippen LogP contribution in [0.25, 0.3) is 0 Å². The van der Waals surface area contributed by atoms with Gasteiger partial charge in [-0.05, 0) is 48.1 Å². The van der Waals surface area contributed by atoms with Crippen molar-refractivity contribution in [3.63, 3.8) is 0 Å². The molecule has 1 heterocycles. The summed E-state index contributed by atoms with van der Waals surface area (Å²) in [6, 6.07) is 14.2. The maximum absolute atomic E-state index is 10.2. The van der Waals surface area contributed by atoms with Crippen LogP contribution in [-0.2, 0) is 23.2 Å². The fraction of sp³-hybridized carbons (Fsp3) is 0.455. The van der Waals surface area contributed by atoms with Gasteiger partial charge in [0.05, 0.1) is 18.3 Å². The predicted octanol–water partition coefficient (Wildman–Crippen LogP) is 3.21. The van der Waals surface area contributed by atoms with E-state index in [0.717, 1.165) is 17.5 Å². The number of benzene rings is 2. The molecule has 0 radical (unpaired) electrons. The molecule has 0 amide bonds. The molecule has 1 saturated heterocycles. The first-order valence-electron chi connectivity index (χ1n) is 9.38. The molecule has 1 fully saturated rings. The fourth-order valence-electron chi connectivity index (χ4n) is 3.70. The second-order valence-corrected chi connectivity index (χ2v) is 7.89. The molecule has 0 spiro atoms. The van der Waals surface area contributed by atoms with Crippen LogP contribution < -0.4 is 0 Å². The van der Waals surface area contributed by atoms with Crippen LogP contribution in [0.1, 0.15) is 42.5 Å². The van der Waals surface area contributed by atoms with Gasteiger partial charge in [0.25, 0.3) is 0 Å². The quantitative estimate of drug-likeness (QED) is 0.733. The molecule has 0 aromatic heterocycles. The number of hydrogen-bond donors (Lipinski definition) is 3. The van der Waals surface area contributed by atoms with Crippen LogP contribution in [0, 0.1) is 0 Å². The SMILES string of the molecule is CCc1ccc(Cc2cc(C3(C)CC(O)C(O)C(CO)O3)ccc2Cl)cc1. The van der Waals surface area contributed by atoms with Crippen molar-refractivity contribution in [3.05, 3.63) is 69.7 Å². The van der Waals surface area contributed by atoms with Gasteiger partial charge in [0.1, 0.15) is 12.2 Å². The Morgan fingerprint density at radius 3 is 2.41 bits per heavy atom. The molecule has 5 heteroatoms. The summed E-state index contributed by atoms with van der Waals surface area (Å²) in [5.74, 6) is 0. The van der Waals surface area contributed by atoms with Gasteiger partial charge in [-0.2, -0.15) is 0 Å². The Labute approximate surface area is 165 Å². The van der Waals surface area contributed by atoms with E-state index in [4.69, 9.17) is 16.3 Å². The van der Waals surface area contributed by atoms with E-state index in [1.807, 2.05) is 25.1 Å². The van der Waals surface area contributed by atoms with Crippen molar-refractivity contribution in [2.45, 2.75) is 57.0 Å². The lowest BCUT2D eigenvalue weighted by Crippen LogP contribution is -2.53. The molecular formula is C22H27ClO4. The lowest BCUT2D eigenvalue weighted by Gasteiger charge is -2.43. The average molecular weight is 391 g/mol. The molecule has 0 aliphatic carbocycles. The van der Waals surface area contributed by atoms with Crippen LogP contribution in [0.15, 0.2) is 42.5 Å². The third-order valence-electron chi connectivity index (χ3n) is 5.45. The van der Waals surface area contributed by atoms with E-state index in [1.54, 1.807) is 0 Å². The minimum absolute atomic E-state index is 0.247. The Bertz CT molecular complexity index is 776. The maximum atomic E-state index is 10.2. The van der Waals surface area contributed by atoms with Crippen molar-refractivity contribution in [1.82, 2.24) is 0 Å². The van der Waals surface area contributed by atoms with E-state index >= 15 is 0 Å². The van der Waals surface area contributed by atoms with E-state index in [-0.39, 0.29) is 13.0 Å². The monoisotopic (exact) mass is 390 g/mol. The summed E-state index contributed by atoms with van der Waals surface area (Å²) in [6.45, 7) is 3.65. The summed E-state index contributed by atoms with van der Waals surface area (Å²) in [4.78, 5) is 0. The number of hydrogen-bond acceptors (Lipinski definition) is 4. The van der Waals surface area contributed by atoms with Crippen LogP contribution in [0.3, 0.4) is 0 Å². The molecule has 4 atom stereocenters. The molecule has 3 rings (SSSR count). The molecule has 0 bridgehead atoms. The Kier molecular flexibility index (Phi) is 6.24. The van der Waals surface area contributed by atoms with E-state index in [0.29, 0.717) is 11.4 Å². The van der Waals surface area contributed by atoms with E-state index < -0.39 is 23.9 Å². The number of aryl methyl sites for hydroxylation is 1. The normalized spacial score (nSPS) is 28.3. The minimum atomic E-state index is -1.09. The Morgan fingerprint density at radius 1 is 1.11 bits per heavy atom. The van der Waals surface area contributed by atoms with Crippen LogP contribution in [0.4, 0.5) is 0 Å². The average Bonchev–Trinajstić information content (AvgIpc) is 2.67. The van der Waals surface area contributed by atoms with Gasteiger partial charge in [0, 0.05) is 11.4 Å². The number of halogens is 1. The van der Waals surface area contributed by atoms with Crippen LogP contribution >= 0.6 is 11.6 Å². The van der Waals surface area contributed by atoms with Crippen molar-refractivity contribution >= 4 is 11.6 Å². The molecular weight excluding hydrogens is 364 g/mol. The lowest BCUT2D eigenvalue weighted by molar-refractivity contribution is -0.222. The zero-order valence-electron chi connectivity index (χ0n) is 15.7. The number of aliphatic hydroxyl groups excluding tert-OH is 3. The second-order valence-electron chi connectivity index (χ2n) is 7.48. The third kappa shape index (κ3) is 4.36. The van der Waals surface area contributed by atoms with Crippen LogP contribution in [-0.4, -0.2) is 40.2 Å². The highest BCUT2D eigenvalue weighted by molar-refractivity contribution is 6.31. The van der Waals surface area contributed by atoms with Gasteiger partial charge in [-0.1, -0.05) is 54.9 Å². The molecule has 3 N–H and O–H groups in total. The Hall–Kier alpha value is -1.43. The summed E-state index contributed by atoms with van der Waals surface area (Å²) < 4.78 is 5.96. The predicted molar refractivity (Wildman–Crippen MR) is 106 cm³/mol. The van der Waals surface area contributed by atoms with Gasteiger partial charge in [-0.3, -0.25) is 0 Å². The largest absolute Gasteiger partial charge is 0.394 e. The van der Waals surface area contributed by atoms with Gasteiger partial charge >= 0.3 is 0 Å². The molecule has 4 unspecified atom stereocenters. The van der Waals surface area contributed by atoms with Gasteiger partial charge < -0.3 is 20.1 Å². The van der Waals surface area contributed by atoms with Crippen LogP contribution in [0.2, 0.25) is 5.02 Å². The zero-order valence-corrected chi connectivity index (χ0v) is 16.5. The highest BCUT2D eigenvalue weighted by Crippen LogP contribution is 2.39. The first kappa shape index (κ1) is 20.3. The number of rotatable bonds is 5. The maximum Gasteiger partial charge on any atom is 0.110 e. The van der Waals surface area contributed by atoms with Crippen molar-refractivity contribution in [3.8, 4) is 0 Å².